The number of nitrogens with one attached hydrogen (secondary N) is 1. The highest BCUT2D eigenvalue weighted by molar-refractivity contribution is 7.92. The molecule has 0 aromatic heterocycles. The summed E-state index contributed by atoms with van der Waals surface area (Å²) in [5.74, 6) is 0.0962. The highest BCUT2D eigenvalue weighted by atomic mass is 35.5. The first-order chi connectivity index (χ1) is 14.3. The monoisotopic (exact) mass is 444 g/mol. The molecule has 8 heteroatoms. The molecule has 0 atom stereocenters. The van der Waals surface area contributed by atoms with Gasteiger partial charge in [-0.1, -0.05) is 41.9 Å². The Morgan fingerprint density at radius 3 is 2.50 bits per heavy atom. The third kappa shape index (κ3) is 5.11. The van der Waals surface area contributed by atoms with Gasteiger partial charge in [-0.3, -0.25) is 9.52 Å². The van der Waals surface area contributed by atoms with Gasteiger partial charge in [-0.05, 0) is 48.0 Å². The number of benzene rings is 3. The average molecular weight is 445 g/mol. The zero-order valence-electron chi connectivity index (χ0n) is 16.5. The van der Waals surface area contributed by atoms with E-state index in [0.717, 1.165) is 5.56 Å². The van der Waals surface area contributed by atoms with Crippen LogP contribution in [0.25, 0.3) is 0 Å². The van der Waals surface area contributed by atoms with Crippen LogP contribution in [-0.2, 0) is 16.6 Å². The maximum Gasteiger partial charge on any atom is 0.262 e. The quantitative estimate of drug-likeness (QED) is 0.585. The van der Waals surface area contributed by atoms with Crippen LogP contribution in [0.2, 0.25) is 5.02 Å². The molecule has 3 aromatic rings. The van der Waals surface area contributed by atoms with E-state index in [1.807, 2.05) is 12.1 Å². The Kier molecular flexibility index (Phi) is 6.64. The van der Waals surface area contributed by atoms with Gasteiger partial charge in [0.1, 0.15) is 5.75 Å². The Balaban J connectivity index is 1.81. The minimum Gasteiger partial charge on any atom is -0.495 e. The highest BCUT2D eigenvalue weighted by Gasteiger charge is 2.19. The van der Waals surface area contributed by atoms with Gasteiger partial charge in [0.25, 0.3) is 15.9 Å². The number of carbonyl (C=O) groups excluding carboxylic acids is 1. The van der Waals surface area contributed by atoms with E-state index >= 15 is 0 Å². The predicted octanol–water partition coefficient (Wildman–Crippen LogP) is 4.42. The van der Waals surface area contributed by atoms with Crippen molar-refractivity contribution in [1.29, 1.82) is 0 Å². The summed E-state index contributed by atoms with van der Waals surface area (Å²) in [5.41, 5.74) is 1.46. The first kappa shape index (κ1) is 21.7. The van der Waals surface area contributed by atoms with Crippen LogP contribution in [0.3, 0.4) is 0 Å². The summed E-state index contributed by atoms with van der Waals surface area (Å²) in [5, 5.41) is 0.587. The fourth-order valence-electron chi connectivity index (χ4n) is 2.93. The number of hydrogen-bond donors (Lipinski definition) is 1. The lowest BCUT2D eigenvalue weighted by Crippen LogP contribution is -2.26. The first-order valence-corrected chi connectivity index (χ1v) is 10.9. The molecule has 0 spiro atoms. The second-order valence-corrected chi connectivity index (χ2v) is 8.74. The lowest BCUT2D eigenvalue weighted by atomic mass is 10.1. The third-order valence-electron chi connectivity index (χ3n) is 4.40. The molecule has 1 N–H and O–H groups in total. The maximum absolute atomic E-state index is 12.8. The zero-order chi connectivity index (χ0) is 21.7. The first-order valence-electron chi connectivity index (χ1n) is 9.06. The molecule has 0 aliphatic heterocycles. The molecule has 156 valence electrons. The second kappa shape index (κ2) is 9.19. The van der Waals surface area contributed by atoms with E-state index in [4.69, 9.17) is 16.3 Å². The van der Waals surface area contributed by atoms with E-state index in [0.29, 0.717) is 23.0 Å². The number of sulfonamides is 1. The molecule has 0 aliphatic carbocycles. The highest BCUT2D eigenvalue weighted by Crippen LogP contribution is 2.26. The van der Waals surface area contributed by atoms with E-state index in [1.165, 1.54) is 30.2 Å². The summed E-state index contributed by atoms with van der Waals surface area (Å²) in [7, 11) is -0.800. The Bertz CT molecular complexity index is 1170. The molecule has 0 saturated carbocycles. The van der Waals surface area contributed by atoms with Crippen LogP contribution in [0.5, 0.6) is 5.75 Å². The number of amides is 1. The van der Waals surface area contributed by atoms with Gasteiger partial charge >= 0.3 is 0 Å². The Morgan fingerprint density at radius 1 is 1.03 bits per heavy atom. The lowest BCUT2D eigenvalue weighted by Gasteiger charge is -2.18. The normalized spacial score (nSPS) is 11.0. The fraction of sp³-hybridized carbons (Fsp3) is 0.136. The molecular weight excluding hydrogens is 424 g/mol. The van der Waals surface area contributed by atoms with E-state index in [-0.39, 0.29) is 16.4 Å². The van der Waals surface area contributed by atoms with Crippen LogP contribution in [0, 0.1) is 0 Å². The zero-order valence-corrected chi connectivity index (χ0v) is 18.1. The maximum atomic E-state index is 12.8. The molecule has 3 aromatic carbocycles. The summed E-state index contributed by atoms with van der Waals surface area (Å²) in [6.07, 6.45) is 0. The van der Waals surface area contributed by atoms with Crippen molar-refractivity contribution in [2.75, 3.05) is 18.9 Å². The molecule has 6 nitrogen and oxygen atoms in total. The van der Waals surface area contributed by atoms with Gasteiger partial charge in [-0.2, -0.15) is 0 Å². The number of ether oxygens (including phenoxy) is 1. The largest absolute Gasteiger partial charge is 0.495 e. The van der Waals surface area contributed by atoms with Crippen LogP contribution >= 0.6 is 11.6 Å². The molecule has 0 unspecified atom stereocenters. The number of rotatable bonds is 7. The number of halogens is 1. The molecule has 0 aliphatic rings. The van der Waals surface area contributed by atoms with Crippen molar-refractivity contribution in [3.05, 3.63) is 88.9 Å². The number of para-hydroxylation sites is 2. The summed E-state index contributed by atoms with van der Waals surface area (Å²) in [6, 6.07) is 19.8. The van der Waals surface area contributed by atoms with Crippen molar-refractivity contribution >= 4 is 33.2 Å². The standard InChI is InChI=1S/C22H21ClN2O4S/c1-25(15-16-7-5-9-18(23)13-16)22(26)17-8-6-10-19(14-17)30(27,28)24-20-11-3-4-12-21(20)29-2/h3-14,24H,15H2,1-2H3. The van der Waals surface area contributed by atoms with Crippen LogP contribution in [0.1, 0.15) is 15.9 Å². The van der Waals surface area contributed by atoms with Crippen LogP contribution in [-0.4, -0.2) is 33.4 Å². The van der Waals surface area contributed by atoms with Gasteiger partial charge in [0.15, 0.2) is 0 Å². The third-order valence-corrected chi connectivity index (χ3v) is 6.00. The summed E-state index contributed by atoms with van der Waals surface area (Å²) in [4.78, 5) is 14.3. The van der Waals surface area contributed by atoms with Gasteiger partial charge < -0.3 is 9.64 Å². The molecule has 3 rings (SSSR count). The minimum atomic E-state index is -3.91. The lowest BCUT2D eigenvalue weighted by molar-refractivity contribution is 0.0785. The topological polar surface area (TPSA) is 75.7 Å². The smallest absolute Gasteiger partial charge is 0.262 e. The molecule has 0 radical (unpaired) electrons. The van der Waals surface area contributed by atoms with Crippen molar-refractivity contribution in [3.63, 3.8) is 0 Å². The van der Waals surface area contributed by atoms with Gasteiger partial charge in [0.2, 0.25) is 0 Å². The van der Waals surface area contributed by atoms with Crippen LogP contribution < -0.4 is 9.46 Å². The van der Waals surface area contributed by atoms with Crippen molar-refractivity contribution in [2.24, 2.45) is 0 Å². The second-order valence-electron chi connectivity index (χ2n) is 6.62. The van der Waals surface area contributed by atoms with Crippen molar-refractivity contribution < 1.29 is 17.9 Å². The number of carbonyl (C=O) groups is 1. The summed E-state index contributed by atoms with van der Waals surface area (Å²) in [6.45, 7) is 0.343. The molecule has 0 heterocycles. The van der Waals surface area contributed by atoms with E-state index in [2.05, 4.69) is 4.72 Å². The number of methoxy groups -OCH3 is 1. The van der Waals surface area contributed by atoms with Crippen LogP contribution in [0.4, 0.5) is 5.69 Å². The van der Waals surface area contributed by atoms with Crippen molar-refractivity contribution in [2.45, 2.75) is 11.4 Å². The Labute approximate surface area is 181 Å². The molecular formula is C22H21ClN2O4S. The average Bonchev–Trinajstić information content (AvgIpc) is 2.73. The summed E-state index contributed by atoms with van der Waals surface area (Å²) >= 11 is 6.00. The molecule has 1 amide bonds. The van der Waals surface area contributed by atoms with Gasteiger partial charge in [0.05, 0.1) is 17.7 Å². The molecule has 30 heavy (non-hydrogen) atoms. The van der Waals surface area contributed by atoms with E-state index in [1.54, 1.807) is 49.5 Å². The predicted molar refractivity (Wildman–Crippen MR) is 117 cm³/mol. The van der Waals surface area contributed by atoms with Gasteiger partial charge in [-0.25, -0.2) is 8.42 Å². The molecule has 0 saturated heterocycles. The number of anilines is 1. The van der Waals surface area contributed by atoms with Crippen molar-refractivity contribution in [1.82, 2.24) is 4.90 Å². The molecule has 0 fully saturated rings. The van der Waals surface area contributed by atoms with E-state index in [9.17, 15) is 13.2 Å². The number of hydrogen-bond acceptors (Lipinski definition) is 4. The fourth-order valence-corrected chi connectivity index (χ4v) is 4.26. The SMILES string of the molecule is COc1ccccc1NS(=O)(=O)c1cccc(C(=O)N(C)Cc2cccc(Cl)c2)c1. The number of nitrogens with zero attached hydrogens (tertiary/aromatic N) is 1. The van der Waals surface area contributed by atoms with E-state index < -0.39 is 10.0 Å². The minimum absolute atomic E-state index is 0.0181. The Morgan fingerprint density at radius 2 is 1.77 bits per heavy atom. The molecule has 0 bridgehead atoms. The van der Waals surface area contributed by atoms with Gasteiger partial charge in [0, 0.05) is 24.2 Å². The van der Waals surface area contributed by atoms with Crippen LogP contribution in [0.15, 0.2) is 77.7 Å². The van der Waals surface area contributed by atoms with Crippen molar-refractivity contribution in [3.8, 4) is 5.75 Å². The van der Waals surface area contributed by atoms with Gasteiger partial charge in [-0.15, -0.1) is 0 Å². The Hall–Kier alpha value is -3.03. The summed E-state index contributed by atoms with van der Waals surface area (Å²) < 4.78 is 33.4.